The summed E-state index contributed by atoms with van der Waals surface area (Å²) in [6, 6.07) is 22.1. The van der Waals surface area contributed by atoms with E-state index in [0.29, 0.717) is 5.56 Å². The van der Waals surface area contributed by atoms with Crippen molar-refractivity contribution in [2.45, 2.75) is 38.1 Å². The van der Waals surface area contributed by atoms with Gasteiger partial charge >= 0.3 is 0 Å². The summed E-state index contributed by atoms with van der Waals surface area (Å²) in [5.74, 6) is -0.0363. The fourth-order valence-corrected chi connectivity index (χ4v) is 3.90. The average Bonchev–Trinajstić information content (AvgIpc) is 2.72. The van der Waals surface area contributed by atoms with Gasteiger partial charge < -0.3 is 5.32 Å². The zero-order chi connectivity index (χ0) is 18.6. The third-order valence-corrected chi connectivity index (χ3v) is 5.36. The molecule has 136 valence electrons. The highest BCUT2D eigenvalue weighted by atomic mass is 16.2. The van der Waals surface area contributed by atoms with Crippen molar-refractivity contribution < 1.29 is 9.59 Å². The summed E-state index contributed by atoms with van der Waals surface area (Å²) in [7, 11) is 0. The first-order valence-electron chi connectivity index (χ1n) is 9.60. The SMILES string of the molecule is O=C(CCC(=O)c1ccc2ccccc2c1)N[C@H]1CCCc2ccccc21. The Morgan fingerprint density at radius 2 is 1.67 bits per heavy atom. The summed E-state index contributed by atoms with van der Waals surface area (Å²) in [6.07, 6.45) is 3.57. The standard InChI is InChI=1S/C24H23NO2/c26-23(20-13-12-17-6-1-2-8-19(17)16-20)14-15-24(27)25-22-11-5-9-18-7-3-4-10-21(18)22/h1-4,6-8,10,12-13,16,22H,5,9,11,14-15H2,(H,25,27)/t22-/m0/s1. The Hall–Kier alpha value is -2.94. The lowest BCUT2D eigenvalue weighted by atomic mass is 9.87. The molecule has 0 unspecified atom stereocenters. The number of fused-ring (bicyclic) bond motifs is 2. The molecule has 0 aliphatic heterocycles. The Bertz CT molecular complexity index is 992. The van der Waals surface area contributed by atoms with Crippen molar-refractivity contribution in [3.8, 4) is 0 Å². The van der Waals surface area contributed by atoms with Crippen molar-refractivity contribution in [3.05, 3.63) is 83.4 Å². The average molecular weight is 357 g/mol. The third kappa shape index (κ3) is 3.92. The fourth-order valence-electron chi connectivity index (χ4n) is 3.90. The molecule has 0 radical (unpaired) electrons. The van der Waals surface area contributed by atoms with Crippen LogP contribution in [-0.2, 0) is 11.2 Å². The van der Waals surface area contributed by atoms with Crippen molar-refractivity contribution in [1.29, 1.82) is 0 Å². The first kappa shape index (κ1) is 17.5. The van der Waals surface area contributed by atoms with Crippen LogP contribution in [0.4, 0.5) is 0 Å². The minimum atomic E-state index is -0.0501. The minimum Gasteiger partial charge on any atom is -0.349 e. The van der Waals surface area contributed by atoms with Crippen molar-refractivity contribution in [2.75, 3.05) is 0 Å². The lowest BCUT2D eigenvalue weighted by Gasteiger charge is -2.26. The highest BCUT2D eigenvalue weighted by molar-refractivity contribution is 6.01. The van der Waals surface area contributed by atoms with Crippen LogP contribution in [0.3, 0.4) is 0 Å². The lowest BCUT2D eigenvalue weighted by Crippen LogP contribution is -2.31. The number of hydrogen-bond acceptors (Lipinski definition) is 2. The van der Waals surface area contributed by atoms with Crippen LogP contribution in [0.1, 0.15) is 53.2 Å². The van der Waals surface area contributed by atoms with Crippen molar-refractivity contribution >= 4 is 22.5 Å². The van der Waals surface area contributed by atoms with E-state index >= 15 is 0 Å². The molecule has 0 fully saturated rings. The van der Waals surface area contributed by atoms with Crippen LogP contribution in [0.25, 0.3) is 10.8 Å². The van der Waals surface area contributed by atoms with Gasteiger partial charge in [-0.15, -0.1) is 0 Å². The van der Waals surface area contributed by atoms with E-state index in [9.17, 15) is 9.59 Å². The lowest BCUT2D eigenvalue weighted by molar-refractivity contribution is -0.121. The summed E-state index contributed by atoms with van der Waals surface area (Å²) < 4.78 is 0. The van der Waals surface area contributed by atoms with Gasteiger partial charge in [0.25, 0.3) is 0 Å². The van der Waals surface area contributed by atoms with E-state index in [1.807, 2.05) is 54.6 Å². The van der Waals surface area contributed by atoms with E-state index in [2.05, 4.69) is 17.4 Å². The molecular weight excluding hydrogens is 334 g/mol. The van der Waals surface area contributed by atoms with Gasteiger partial charge in [0, 0.05) is 18.4 Å². The molecule has 1 amide bonds. The van der Waals surface area contributed by atoms with Gasteiger partial charge in [0.2, 0.25) is 5.91 Å². The second-order valence-electron chi connectivity index (χ2n) is 7.20. The van der Waals surface area contributed by atoms with Crippen LogP contribution >= 0.6 is 0 Å². The summed E-state index contributed by atoms with van der Waals surface area (Å²) in [5.41, 5.74) is 3.21. The molecule has 3 nitrogen and oxygen atoms in total. The topological polar surface area (TPSA) is 46.2 Å². The van der Waals surface area contributed by atoms with E-state index in [-0.39, 0.29) is 30.6 Å². The number of Topliss-reactive ketones (excluding diaryl/α,β-unsaturated/α-hetero) is 1. The van der Waals surface area contributed by atoms with Crippen molar-refractivity contribution in [1.82, 2.24) is 5.32 Å². The molecule has 3 aromatic carbocycles. The Labute approximate surface area is 159 Å². The van der Waals surface area contributed by atoms with Crippen LogP contribution in [0.5, 0.6) is 0 Å². The predicted molar refractivity (Wildman–Crippen MR) is 108 cm³/mol. The number of nitrogens with one attached hydrogen (secondary N) is 1. The molecule has 1 aliphatic rings. The van der Waals surface area contributed by atoms with Gasteiger partial charge in [-0.25, -0.2) is 0 Å². The summed E-state index contributed by atoms with van der Waals surface area (Å²) in [6.45, 7) is 0. The quantitative estimate of drug-likeness (QED) is 0.653. The van der Waals surface area contributed by atoms with Gasteiger partial charge in [-0.05, 0) is 47.2 Å². The number of rotatable bonds is 5. The Morgan fingerprint density at radius 1 is 0.889 bits per heavy atom. The number of ketones is 1. The van der Waals surface area contributed by atoms with Gasteiger partial charge in [-0.2, -0.15) is 0 Å². The zero-order valence-corrected chi connectivity index (χ0v) is 15.3. The van der Waals surface area contributed by atoms with E-state index in [1.165, 1.54) is 11.1 Å². The first-order valence-corrected chi connectivity index (χ1v) is 9.60. The smallest absolute Gasteiger partial charge is 0.220 e. The molecule has 1 N–H and O–H groups in total. The van der Waals surface area contributed by atoms with Crippen LogP contribution < -0.4 is 5.32 Å². The number of carbonyl (C=O) groups is 2. The maximum Gasteiger partial charge on any atom is 0.220 e. The highest BCUT2D eigenvalue weighted by Gasteiger charge is 2.21. The normalized spacial score (nSPS) is 15.9. The molecule has 1 atom stereocenters. The monoisotopic (exact) mass is 357 g/mol. The van der Waals surface area contributed by atoms with Crippen molar-refractivity contribution in [3.63, 3.8) is 0 Å². The Balaban J connectivity index is 1.37. The molecule has 27 heavy (non-hydrogen) atoms. The van der Waals surface area contributed by atoms with Crippen molar-refractivity contribution in [2.24, 2.45) is 0 Å². The summed E-state index contributed by atoms with van der Waals surface area (Å²) >= 11 is 0. The molecule has 0 aromatic heterocycles. The molecule has 0 bridgehead atoms. The fraction of sp³-hybridized carbons (Fsp3) is 0.250. The number of carbonyl (C=O) groups excluding carboxylic acids is 2. The summed E-state index contributed by atoms with van der Waals surface area (Å²) in [4.78, 5) is 24.9. The molecule has 3 aromatic rings. The molecular formula is C24H23NO2. The largest absolute Gasteiger partial charge is 0.349 e. The first-order chi connectivity index (χ1) is 13.2. The third-order valence-electron chi connectivity index (χ3n) is 5.36. The zero-order valence-electron chi connectivity index (χ0n) is 15.3. The van der Waals surface area contributed by atoms with E-state index in [1.54, 1.807) is 0 Å². The summed E-state index contributed by atoms with van der Waals surface area (Å²) in [5, 5.41) is 5.28. The van der Waals surface area contributed by atoms with Crippen LogP contribution in [0, 0.1) is 0 Å². The maximum absolute atomic E-state index is 12.5. The predicted octanol–water partition coefficient (Wildman–Crippen LogP) is 5.00. The number of amides is 1. The molecule has 3 heteroatoms. The van der Waals surface area contributed by atoms with Gasteiger partial charge in [0.15, 0.2) is 5.78 Å². The molecule has 0 heterocycles. The minimum absolute atomic E-state index is 0.0138. The van der Waals surface area contributed by atoms with E-state index in [0.717, 1.165) is 30.0 Å². The number of aryl methyl sites for hydroxylation is 1. The number of benzene rings is 3. The second-order valence-corrected chi connectivity index (χ2v) is 7.20. The Morgan fingerprint density at radius 3 is 2.56 bits per heavy atom. The van der Waals surface area contributed by atoms with Gasteiger partial charge in [0.05, 0.1) is 6.04 Å². The molecule has 0 spiro atoms. The molecule has 0 saturated heterocycles. The van der Waals surface area contributed by atoms with E-state index < -0.39 is 0 Å². The highest BCUT2D eigenvalue weighted by Crippen LogP contribution is 2.29. The van der Waals surface area contributed by atoms with Gasteiger partial charge in [-0.1, -0.05) is 60.7 Å². The van der Waals surface area contributed by atoms with Gasteiger partial charge in [0.1, 0.15) is 0 Å². The molecule has 1 aliphatic carbocycles. The second kappa shape index (κ2) is 7.75. The van der Waals surface area contributed by atoms with Gasteiger partial charge in [-0.3, -0.25) is 9.59 Å². The van der Waals surface area contributed by atoms with Crippen LogP contribution in [0.2, 0.25) is 0 Å². The number of hydrogen-bond donors (Lipinski definition) is 1. The molecule has 0 saturated carbocycles. The Kier molecular flexibility index (Phi) is 5.01. The molecule has 4 rings (SSSR count). The van der Waals surface area contributed by atoms with E-state index in [4.69, 9.17) is 0 Å². The van der Waals surface area contributed by atoms with Crippen LogP contribution in [-0.4, -0.2) is 11.7 Å². The maximum atomic E-state index is 12.5. The van der Waals surface area contributed by atoms with Crippen LogP contribution in [0.15, 0.2) is 66.7 Å².